The molecule has 0 unspecified atom stereocenters. The Morgan fingerprint density at radius 2 is 2.19 bits per heavy atom. The Hall–Kier alpha value is -2.80. The fourth-order valence-corrected chi connectivity index (χ4v) is 3.42. The van der Waals surface area contributed by atoms with Gasteiger partial charge in [-0.1, -0.05) is 12.1 Å². The molecule has 1 amide bonds. The molecule has 0 spiro atoms. The lowest BCUT2D eigenvalue weighted by Crippen LogP contribution is -2.22. The largest absolute Gasteiger partial charge is 0.381 e. The first kappa shape index (κ1) is 17.6. The van der Waals surface area contributed by atoms with Crippen molar-refractivity contribution in [3.8, 4) is 11.3 Å². The van der Waals surface area contributed by atoms with Gasteiger partial charge in [0.2, 0.25) is 5.91 Å². The average molecular weight is 368 g/mol. The third-order valence-corrected chi connectivity index (χ3v) is 4.88. The first-order valence-corrected chi connectivity index (χ1v) is 9.08. The molecule has 140 valence electrons. The molecule has 7 heteroatoms. The number of halogens is 1. The van der Waals surface area contributed by atoms with Gasteiger partial charge in [0.05, 0.1) is 17.6 Å². The molecule has 6 nitrogen and oxygen atoms in total. The van der Waals surface area contributed by atoms with Gasteiger partial charge in [-0.3, -0.25) is 14.2 Å². The molecular weight excluding hydrogens is 347 g/mol. The van der Waals surface area contributed by atoms with Crippen molar-refractivity contribution >= 4 is 17.4 Å². The highest BCUT2D eigenvalue weighted by Crippen LogP contribution is 2.24. The number of anilines is 1. The molecular formula is C20H21FN4O2. The molecule has 1 aromatic carbocycles. The van der Waals surface area contributed by atoms with E-state index < -0.39 is 0 Å². The van der Waals surface area contributed by atoms with E-state index in [0.717, 1.165) is 26.1 Å². The number of rotatable bonds is 4. The number of carbonyl (C=O) groups is 1. The summed E-state index contributed by atoms with van der Waals surface area (Å²) in [6.07, 6.45) is 5.69. The van der Waals surface area contributed by atoms with Crippen LogP contribution in [0.15, 0.2) is 36.7 Å². The van der Waals surface area contributed by atoms with Crippen LogP contribution in [0.2, 0.25) is 0 Å². The van der Waals surface area contributed by atoms with Crippen LogP contribution in [0, 0.1) is 18.7 Å². The van der Waals surface area contributed by atoms with Crippen LogP contribution in [-0.2, 0) is 9.53 Å². The van der Waals surface area contributed by atoms with E-state index in [1.165, 1.54) is 12.1 Å². The van der Waals surface area contributed by atoms with Crippen molar-refractivity contribution < 1.29 is 13.9 Å². The van der Waals surface area contributed by atoms with Crippen molar-refractivity contribution in [2.24, 2.45) is 5.92 Å². The number of benzene rings is 1. The number of fused-ring (bicyclic) bond motifs is 1. The Morgan fingerprint density at radius 3 is 2.96 bits per heavy atom. The third-order valence-electron chi connectivity index (χ3n) is 4.88. The summed E-state index contributed by atoms with van der Waals surface area (Å²) in [5.74, 6) is 0.627. The predicted octanol–water partition coefficient (Wildman–Crippen LogP) is 3.60. The standard InChI is InChI=1S/C20H21FN4O2/c1-13-20(24-19(26)9-14-5-7-27-8-6-14)25-12-17(22-11-18(25)23-13)15-3-2-4-16(21)10-15/h2-4,10-12,14H,5-9H2,1H3,(H,24,26). The zero-order valence-corrected chi connectivity index (χ0v) is 15.1. The second-order valence-corrected chi connectivity index (χ2v) is 6.86. The lowest BCUT2D eigenvalue weighted by atomic mass is 9.96. The quantitative estimate of drug-likeness (QED) is 0.764. The summed E-state index contributed by atoms with van der Waals surface area (Å²) in [5, 5.41) is 2.99. The second-order valence-electron chi connectivity index (χ2n) is 6.86. The van der Waals surface area contributed by atoms with Gasteiger partial charge in [0.15, 0.2) is 5.65 Å². The minimum atomic E-state index is -0.318. The normalized spacial score (nSPS) is 15.2. The zero-order chi connectivity index (χ0) is 18.8. The van der Waals surface area contributed by atoms with Gasteiger partial charge in [-0.25, -0.2) is 9.37 Å². The number of aryl methyl sites for hydroxylation is 1. The van der Waals surface area contributed by atoms with Crippen LogP contribution < -0.4 is 5.32 Å². The van der Waals surface area contributed by atoms with Gasteiger partial charge in [-0.05, 0) is 37.8 Å². The molecule has 4 rings (SSSR count). The van der Waals surface area contributed by atoms with E-state index in [2.05, 4.69) is 15.3 Å². The third kappa shape index (κ3) is 3.83. The predicted molar refractivity (Wildman–Crippen MR) is 99.9 cm³/mol. The van der Waals surface area contributed by atoms with Crippen LogP contribution in [0.5, 0.6) is 0 Å². The number of amides is 1. The summed E-state index contributed by atoms with van der Waals surface area (Å²) in [6.45, 7) is 3.28. The van der Waals surface area contributed by atoms with E-state index >= 15 is 0 Å². The van der Waals surface area contributed by atoms with E-state index in [0.29, 0.717) is 40.8 Å². The van der Waals surface area contributed by atoms with Crippen molar-refractivity contribution in [3.63, 3.8) is 0 Å². The highest BCUT2D eigenvalue weighted by Gasteiger charge is 2.19. The second kappa shape index (κ2) is 7.44. The SMILES string of the molecule is Cc1nc2cnc(-c3cccc(F)c3)cn2c1NC(=O)CC1CCOCC1. The van der Waals surface area contributed by atoms with Gasteiger partial charge >= 0.3 is 0 Å². The topological polar surface area (TPSA) is 68.5 Å². The molecule has 0 atom stereocenters. The Morgan fingerprint density at radius 1 is 1.37 bits per heavy atom. The van der Waals surface area contributed by atoms with Crippen LogP contribution in [-0.4, -0.2) is 33.5 Å². The maximum absolute atomic E-state index is 13.5. The van der Waals surface area contributed by atoms with E-state index in [1.807, 2.05) is 6.92 Å². The minimum absolute atomic E-state index is 0.0316. The van der Waals surface area contributed by atoms with Crippen molar-refractivity contribution in [3.05, 3.63) is 48.2 Å². The van der Waals surface area contributed by atoms with Crippen LogP contribution in [0.4, 0.5) is 10.2 Å². The van der Waals surface area contributed by atoms with E-state index in [-0.39, 0.29) is 11.7 Å². The number of imidazole rings is 1. The van der Waals surface area contributed by atoms with Crippen LogP contribution in [0.25, 0.3) is 16.9 Å². The Labute approximate surface area is 156 Å². The smallest absolute Gasteiger partial charge is 0.225 e. The zero-order valence-electron chi connectivity index (χ0n) is 15.1. The highest BCUT2D eigenvalue weighted by atomic mass is 19.1. The van der Waals surface area contributed by atoms with Crippen molar-refractivity contribution in [1.82, 2.24) is 14.4 Å². The summed E-state index contributed by atoms with van der Waals surface area (Å²) in [5.41, 5.74) is 2.63. The maximum Gasteiger partial charge on any atom is 0.225 e. The molecule has 0 aliphatic carbocycles. The van der Waals surface area contributed by atoms with Gasteiger partial charge in [0.25, 0.3) is 0 Å². The molecule has 0 bridgehead atoms. The van der Waals surface area contributed by atoms with Gasteiger partial charge in [-0.15, -0.1) is 0 Å². The minimum Gasteiger partial charge on any atom is -0.381 e. The molecule has 0 radical (unpaired) electrons. The van der Waals surface area contributed by atoms with E-state index in [9.17, 15) is 9.18 Å². The van der Waals surface area contributed by atoms with Crippen LogP contribution in [0.3, 0.4) is 0 Å². The fraction of sp³-hybridized carbons (Fsp3) is 0.350. The first-order valence-electron chi connectivity index (χ1n) is 9.08. The van der Waals surface area contributed by atoms with Crippen molar-refractivity contribution in [2.45, 2.75) is 26.2 Å². The Bertz CT molecular complexity index is 979. The molecule has 0 saturated carbocycles. The van der Waals surface area contributed by atoms with Crippen LogP contribution >= 0.6 is 0 Å². The number of hydrogen-bond acceptors (Lipinski definition) is 4. The van der Waals surface area contributed by atoms with Crippen molar-refractivity contribution in [2.75, 3.05) is 18.5 Å². The summed E-state index contributed by atoms with van der Waals surface area (Å²) < 4.78 is 20.7. The molecule has 1 aliphatic rings. The molecule has 2 aromatic heterocycles. The van der Waals surface area contributed by atoms with E-state index in [1.54, 1.807) is 28.9 Å². The molecule has 3 heterocycles. The summed E-state index contributed by atoms with van der Waals surface area (Å²) >= 11 is 0. The monoisotopic (exact) mass is 368 g/mol. The lowest BCUT2D eigenvalue weighted by molar-refractivity contribution is -0.117. The highest BCUT2D eigenvalue weighted by molar-refractivity contribution is 5.91. The molecule has 1 aliphatic heterocycles. The summed E-state index contributed by atoms with van der Waals surface area (Å²) in [4.78, 5) is 21.3. The van der Waals surface area contributed by atoms with E-state index in [4.69, 9.17) is 4.74 Å². The molecule has 3 aromatic rings. The molecule has 27 heavy (non-hydrogen) atoms. The maximum atomic E-state index is 13.5. The summed E-state index contributed by atoms with van der Waals surface area (Å²) in [6, 6.07) is 6.27. The number of hydrogen-bond donors (Lipinski definition) is 1. The number of aromatic nitrogens is 3. The number of nitrogens with zero attached hydrogens (tertiary/aromatic N) is 3. The average Bonchev–Trinajstić information content (AvgIpc) is 2.97. The van der Waals surface area contributed by atoms with Gasteiger partial charge in [0, 0.05) is 31.4 Å². The number of carbonyl (C=O) groups excluding carboxylic acids is 1. The van der Waals surface area contributed by atoms with Gasteiger partial charge < -0.3 is 10.1 Å². The first-order chi connectivity index (χ1) is 13.1. The summed E-state index contributed by atoms with van der Waals surface area (Å²) in [7, 11) is 0. The lowest BCUT2D eigenvalue weighted by Gasteiger charge is -2.21. The number of ether oxygens (including phenoxy) is 1. The van der Waals surface area contributed by atoms with Crippen molar-refractivity contribution in [1.29, 1.82) is 0 Å². The Balaban J connectivity index is 1.60. The molecule has 1 fully saturated rings. The Kier molecular flexibility index (Phi) is 4.85. The van der Waals surface area contributed by atoms with Crippen LogP contribution in [0.1, 0.15) is 25.0 Å². The number of nitrogens with one attached hydrogen (secondary N) is 1. The fourth-order valence-electron chi connectivity index (χ4n) is 3.42. The molecule has 1 N–H and O–H groups in total. The van der Waals surface area contributed by atoms with Gasteiger partial charge in [-0.2, -0.15) is 0 Å². The molecule has 1 saturated heterocycles. The van der Waals surface area contributed by atoms with Gasteiger partial charge in [0.1, 0.15) is 11.6 Å².